The van der Waals surface area contributed by atoms with Crippen LogP contribution in [0.15, 0.2) is 22.7 Å². The average molecular weight is 284 g/mol. The summed E-state index contributed by atoms with van der Waals surface area (Å²) in [5.41, 5.74) is 2.22. The molecule has 0 aliphatic carbocycles. The molecule has 4 heteroatoms. The highest BCUT2D eigenvalue weighted by molar-refractivity contribution is 9.10. The van der Waals surface area contributed by atoms with E-state index in [0.29, 0.717) is 5.92 Å². The van der Waals surface area contributed by atoms with Crippen LogP contribution in [-0.2, 0) is 9.53 Å². The van der Waals surface area contributed by atoms with E-state index in [1.165, 1.54) is 12.7 Å². The van der Waals surface area contributed by atoms with Crippen molar-refractivity contribution < 1.29 is 9.53 Å². The predicted octanol–water partition coefficient (Wildman–Crippen LogP) is 2.37. The Hall–Kier alpha value is -0.870. The fraction of sp³-hybridized carbons (Fsp3) is 0.417. The van der Waals surface area contributed by atoms with Gasteiger partial charge in [0, 0.05) is 11.0 Å². The summed E-state index contributed by atoms with van der Waals surface area (Å²) in [5, 5.41) is 3.21. The minimum Gasteiger partial charge on any atom is -0.468 e. The summed E-state index contributed by atoms with van der Waals surface area (Å²) in [6, 6.07) is 5.59. The molecule has 0 spiro atoms. The lowest BCUT2D eigenvalue weighted by Crippen LogP contribution is -2.37. The number of methoxy groups -OCH3 is 1. The summed E-state index contributed by atoms with van der Waals surface area (Å²) >= 11 is 3.54. The fourth-order valence-corrected chi connectivity index (χ4v) is 2.93. The Balaban J connectivity index is 2.48. The molecule has 3 nitrogen and oxygen atoms in total. The van der Waals surface area contributed by atoms with Gasteiger partial charge in [-0.25, -0.2) is 4.79 Å². The van der Waals surface area contributed by atoms with Crippen LogP contribution in [-0.4, -0.2) is 19.6 Å². The van der Waals surface area contributed by atoms with E-state index in [2.05, 4.69) is 28.2 Å². The molecule has 1 aromatic rings. The van der Waals surface area contributed by atoms with Crippen LogP contribution in [0.1, 0.15) is 30.0 Å². The highest BCUT2D eigenvalue weighted by atomic mass is 79.9. The molecule has 0 fully saturated rings. The maximum atomic E-state index is 11.6. The van der Waals surface area contributed by atoms with E-state index in [9.17, 15) is 4.79 Å². The maximum absolute atomic E-state index is 11.6. The number of fused-ring (bicyclic) bond motifs is 1. The van der Waals surface area contributed by atoms with Gasteiger partial charge >= 0.3 is 5.97 Å². The number of esters is 1. The predicted molar refractivity (Wildman–Crippen MR) is 65.3 cm³/mol. The second kappa shape index (κ2) is 4.55. The van der Waals surface area contributed by atoms with Gasteiger partial charge in [-0.15, -0.1) is 0 Å². The topological polar surface area (TPSA) is 38.3 Å². The number of carbonyl (C=O) groups excluding carboxylic acids is 1. The van der Waals surface area contributed by atoms with Gasteiger partial charge < -0.3 is 10.1 Å². The molecule has 2 unspecified atom stereocenters. The zero-order valence-electron chi connectivity index (χ0n) is 9.29. The Bertz CT molecular complexity index is 419. The van der Waals surface area contributed by atoms with Crippen molar-refractivity contribution in [3.05, 3.63) is 33.8 Å². The summed E-state index contributed by atoms with van der Waals surface area (Å²) in [7, 11) is 1.42. The molecule has 0 bridgehead atoms. The van der Waals surface area contributed by atoms with E-state index in [4.69, 9.17) is 4.74 Å². The van der Waals surface area contributed by atoms with Gasteiger partial charge in [-0.1, -0.05) is 35.0 Å². The first kappa shape index (κ1) is 11.6. The summed E-state index contributed by atoms with van der Waals surface area (Å²) < 4.78 is 5.87. The lowest BCUT2D eigenvalue weighted by molar-refractivity contribution is -0.143. The normalized spacial score (nSPS) is 23.7. The van der Waals surface area contributed by atoms with Crippen LogP contribution in [0.25, 0.3) is 0 Å². The average Bonchev–Trinajstić information content (AvgIpc) is 2.28. The highest BCUT2D eigenvalue weighted by Crippen LogP contribution is 2.35. The van der Waals surface area contributed by atoms with Crippen LogP contribution in [0.4, 0.5) is 0 Å². The van der Waals surface area contributed by atoms with E-state index < -0.39 is 0 Å². The number of hydrogen-bond donors (Lipinski definition) is 1. The third-order valence-electron chi connectivity index (χ3n) is 2.96. The fourth-order valence-electron chi connectivity index (χ4n) is 2.16. The number of carbonyl (C=O) groups is 1. The molecule has 1 heterocycles. The molecule has 16 heavy (non-hydrogen) atoms. The molecule has 1 N–H and O–H groups in total. The van der Waals surface area contributed by atoms with Crippen molar-refractivity contribution >= 4 is 21.9 Å². The van der Waals surface area contributed by atoms with Crippen LogP contribution in [0.2, 0.25) is 0 Å². The SMILES string of the molecule is COC(=O)C1NCC(C)c2c(Br)cccc21. The van der Waals surface area contributed by atoms with Crippen LogP contribution >= 0.6 is 15.9 Å². The first-order valence-electron chi connectivity index (χ1n) is 5.24. The molecule has 0 saturated heterocycles. The Labute approximate surface area is 103 Å². The van der Waals surface area contributed by atoms with Gasteiger partial charge in [0.05, 0.1) is 7.11 Å². The van der Waals surface area contributed by atoms with Crippen LogP contribution in [0.3, 0.4) is 0 Å². The zero-order chi connectivity index (χ0) is 11.7. The lowest BCUT2D eigenvalue weighted by Gasteiger charge is -2.30. The van der Waals surface area contributed by atoms with E-state index in [-0.39, 0.29) is 12.0 Å². The van der Waals surface area contributed by atoms with Crippen molar-refractivity contribution in [2.45, 2.75) is 18.9 Å². The second-order valence-corrected chi connectivity index (χ2v) is 4.86. The van der Waals surface area contributed by atoms with Gasteiger partial charge in [-0.2, -0.15) is 0 Å². The maximum Gasteiger partial charge on any atom is 0.327 e. The molecule has 0 radical (unpaired) electrons. The van der Waals surface area contributed by atoms with Gasteiger partial charge in [0.2, 0.25) is 0 Å². The summed E-state index contributed by atoms with van der Waals surface area (Å²) in [6.45, 7) is 2.93. The quantitative estimate of drug-likeness (QED) is 0.805. The summed E-state index contributed by atoms with van der Waals surface area (Å²) in [4.78, 5) is 11.6. The molecule has 2 atom stereocenters. The van der Waals surface area contributed by atoms with Crippen molar-refractivity contribution in [2.24, 2.45) is 0 Å². The van der Waals surface area contributed by atoms with Crippen LogP contribution < -0.4 is 5.32 Å². The Morgan fingerprint density at radius 1 is 1.56 bits per heavy atom. The van der Waals surface area contributed by atoms with E-state index in [0.717, 1.165) is 16.6 Å². The third-order valence-corrected chi connectivity index (χ3v) is 3.65. The van der Waals surface area contributed by atoms with Gasteiger partial charge in [0.15, 0.2) is 0 Å². The third kappa shape index (κ3) is 1.87. The lowest BCUT2D eigenvalue weighted by atomic mass is 9.88. The molecule has 0 saturated carbocycles. The molecule has 86 valence electrons. The largest absolute Gasteiger partial charge is 0.468 e. The number of rotatable bonds is 1. The number of halogens is 1. The van der Waals surface area contributed by atoms with Gasteiger partial charge in [-0.05, 0) is 23.1 Å². The minimum absolute atomic E-state index is 0.230. The minimum atomic E-state index is -0.339. The molecule has 0 aromatic heterocycles. The van der Waals surface area contributed by atoms with Crippen molar-refractivity contribution in [1.82, 2.24) is 5.32 Å². The molecule has 0 amide bonds. The zero-order valence-corrected chi connectivity index (χ0v) is 10.9. The number of benzene rings is 1. The molecular formula is C12H14BrNO2. The van der Waals surface area contributed by atoms with Crippen molar-refractivity contribution in [3.63, 3.8) is 0 Å². The molecule has 1 aliphatic rings. The number of hydrogen-bond acceptors (Lipinski definition) is 3. The van der Waals surface area contributed by atoms with Gasteiger partial charge in [-0.3, -0.25) is 0 Å². The Morgan fingerprint density at radius 2 is 2.31 bits per heavy atom. The van der Waals surface area contributed by atoms with E-state index >= 15 is 0 Å². The van der Waals surface area contributed by atoms with Crippen LogP contribution in [0.5, 0.6) is 0 Å². The molecule has 1 aliphatic heterocycles. The Morgan fingerprint density at radius 3 is 3.00 bits per heavy atom. The van der Waals surface area contributed by atoms with Gasteiger partial charge in [0.25, 0.3) is 0 Å². The van der Waals surface area contributed by atoms with Gasteiger partial charge in [0.1, 0.15) is 6.04 Å². The standard InChI is InChI=1S/C12H14BrNO2/c1-7-6-14-11(12(15)16-2)8-4-3-5-9(13)10(7)8/h3-5,7,11,14H,6H2,1-2H3. The monoisotopic (exact) mass is 283 g/mol. The number of nitrogens with one attached hydrogen (secondary N) is 1. The first-order valence-corrected chi connectivity index (χ1v) is 6.04. The molecule has 2 rings (SSSR count). The van der Waals surface area contributed by atoms with Crippen molar-refractivity contribution in [3.8, 4) is 0 Å². The highest BCUT2D eigenvalue weighted by Gasteiger charge is 2.30. The molecular weight excluding hydrogens is 270 g/mol. The second-order valence-electron chi connectivity index (χ2n) is 4.01. The van der Waals surface area contributed by atoms with E-state index in [1.54, 1.807) is 0 Å². The smallest absolute Gasteiger partial charge is 0.327 e. The number of ether oxygens (including phenoxy) is 1. The van der Waals surface area contributed by atoms with Crippen molar-refractivity contribution in [2.75, 3.05) is 13.7 Å². The summed E-state index contributed by atoms with van der Waals surface area (Å²) in [5.74, 6) is 0.165. The first-order chi connectivity index (χ1) is 7.65. The van der Waals surface area contributed by atoms with E-state index in [1.807, 2.05) is 18.2 Å². The van der Waals surface area contributed by atoms with Crippen molar-refractivity contribution in [1.29, 1.82) is 0 Å². The van der Waals surface area contributed by atoms with Crippen LogP contribution in [0, 0.1) is 0 Å². The summed E-state index contributed by atoms with van der Waals surface area (Å²) in [6.07, 6.45) is 0. The molecule has 1 aromatic carbocycles. The Kier molecular flexibility index (Phi) is 3.30.